The van der Waals surface area contributed by atoms with Crippen LogP contribution in [-0.2, 0) is 10.0 Å². The van der Waals surface area contributed by atoms with E-state index in [0.717, 1.165) is 5.56 Å². The smallest absolute Gasteiger partial charge is 0.241 e. The van der Waals surface area contributed by atoms with Crippen LogP contribution in [0, 0.1) is 5.92 Å². The molecule has 0 unspecified atom stereocenters. The third kappa shape index (κ3) is 3.98. The average Bonchev–Trinajstić information content (AvgIpc) is 2.64. The molecule has 0 amide bonds. The summed E-state index contributed by atoms with van der Waals surface area (Å²) in [5, 5.41) is 9.65. The van der Waals surface area contributed by atoms with E-state index in [-0.39, 0.29) is 10.8 Å². The van der Waals surface area contributed by atoms with Gasteiger partial charge >= 0.3 is 0 Å². The molecular weight excluding hydrogens is 356 g/mol. The number of aliphatic hydroxyl groups excluding tert-OH is 1. The van der Waals surface area contributed by atoms with Crippen LogP contribution in [0.3, 0.4) is 0 Å². The summed E-state index contributed by atoms with van der Waals surface area (Å²) in [5.41, 5.74) is 0.731. The molecule has 140 valence electrons. The lowest BCUT2D eigenvalue weighted by atomic mass is 9.76. The van der Waals surface area contributed by atoms with Gasteiger partial charge < -0.3 is 14.6 Å². The molecule has 1 aromatic carbocycles. The summed E-state index contributed by atoms with van der Waals surface area (Å²) in [7, 11) is -0.757. The van der Waals surface area contributed by atoms with Crippen molar-refractivity contribution in [2.75, 3.05) is 14.2 Å². The molecule has 1 fully saturated rings. The topological polar surface area (TPSA) is 97.8 Å². The van der Waals surface area contributed by atoms with Gasteiger partial charge in [0.25, 0.3) is 0 Å². The van der Waals surface area contributed by atoms with Crippen LogP contribution in [0.1, 0.15) is 24.4 Å². The first kappa shape index (κ1) is 18.6. The second-order valence-corrected chi connectivity index (χ2v) is 8.01. The minimum Gasteiger partial charge on any atom is -0.497 e. The molecular formula is C18H22N2O5S. The van der Waals surface area contributed by atoms with Crippen LogP contribution in [0.5, 0.6) is 11.6 Å². The molecule has 1 saturated carbocycles. The van der Waals surface area contributed by atoms with Gasteiger partial charge in [0.05, 0.1) is 31.3 Å². The Morgan fingerprint density at radius 2 is 1.96 bits per heavy atom. The Morgan fingerprint density at radius 3 is 2.54 bits per heavy atom. The number of sulfonamides is 1. The first-order valence-corrected chi connectivity index (χ1v) is 9.75. The van der Waals surface area contributed by atoms with Gasteiger partial charge in [-0.1, -0.05) is 12.1 Å². The standard InChI is InChI=1S/C18H22N2O5S/c1-24-15-4-3-5-16(10-15)26(22,23)20-18(13-8-14(21)9-13)12-6-7-17(25-2)19-11-12/h3-7,10-11,13-14,18,20-21H,8-9H2,1-2H3/t13?,14?,18-/m1/s1. The van der Waals surface area contributed by atoms with Gasteiger partial charge in [0.1, 0.15) is 5.75 Å². The highest BCUT2D eigenvalue weighted by Gasteiger charge is 2.37. The maximum atomic E-state index is 12.9. The van der Waals surface area contributed by atoms with E-state index in [9.17, 15) is 13.5 Å². The second-order valence-electron chi connectivity index (χ2n) is 6.30. The highest BCUT2D eigenvalue weighted by molar-refractivity contribution is 7.89. The van der Waals surface area contributed by atoms with Crippen LogP contribution in [-0.4, -0.2) is 38.8 Å². The van der Waals surface area contributed by atoms with Crippen molar-refractivity contribution < 1.29 is 23.0 Å². The van der Waals surface area contributed by atoms with Crippen LogP contribution in [0.2, 0.25) is 0 Å². The Bertz CT molecular complexity index is 848. The second kappa shape index (κ2) is 7.61. The average molecular weight is 378 g/mol. The molecule has 0 bridgehead atoms. The molecule has 1 aliphatic carbocycles. The summed E-state index contributed by atoms with van der Waals surface area (Å²) in [5.74, 6) is 0.923. The maximum absolute atomic E-state index is 12.9. The number of hydrogen-bond acceptors (Lipinski definition) is 6. The van der Waals surface area contributed by atoms with Crippen molar-refractivity contribution in [1.82, 2.24) is 9.71 Å². The molecule has 8 heteroatoms. The van der Waals surface area contributed by atoms with E-state index in [0.29, 0.717) is 24.5 Å². The number of ether oxygens (including phenoxy) is 2. The van der Waals surface area contributed by atoms with Crippen LogP contribution in [0.15, 0.2) is 47.5 Å². The number of rotatable bonds is 7. The molecule has 1 heterocycles. The molecule has 7 nitrogen and oxygen atoms in total. The van der Waals surface area contributed by atoms with Gasteiger partial charge in [0, 0.05) is 18.3 Å². The number of benzene rings is 1. The van der Waals surface area contributed by atoms with Crippen molar-refractivity contribution in [2.45, 2.75) is 29.9 Å². The van der Waals surface area contributed by atoms with Crippen molar-refractivity contribution in [3.8, 4) is 11.6 Å². The number of nitrogens with one attached hydrogen (secondary N) is 1. The molecule has 0 spiro atoms. The summed E-state index contributed by atoms with van der Waals surface area (Å²) < 4.78 is 38.6. The summed E-state index contributed by atoms with van der Waals surface area (Å²) in [6.45, 7) is 0. The van der Waals surface area contributed by atoms with Crippen molar-refractivity contribution in [3.63, 3.8) is 0 Å². The van der Waals surface area contributed by atoms with E-state index in [1.807, 2.05) is 0 Å². The molecule has 0 radical (unpaired) electrons. The summed E-state index contributed by atoms with van der Waals surface area (Å²) in [6, 6.07) is 9.31. The Labute approximate surface area is 153 Å². The lowest BCUT2D eigenvalue weighted by Gasteiger charge is -2.38. The highest BCUT2D eigenvalue weighted by atomic mass is 32.2. The molecule has 0 aliphatic heterocycles. The predicted octanol–water partition coefficient (Wildman–Crippen LogP) is 1.89. The van der Waals surface area contributed by atoms with Gasteiger partial charge in [0.15, 0.2) is 0 Å². The summed E-state index contributed by atoms with van der Waals surface area (Å²) in [6.07, 6.45) is 2.28. The number of hydrogen-bond donors (Lipinski definition) is 2. The summed E-state index contributed by atoms with van der Waals surface area (Å²) >= 11 is 0. The van der Waals surface area contributed by atoms with Gasteiger partial charge in [-0.3, -0.25) is 0 Å². The maximum Gasteiger partial charge on any atom is 0.241 e. The third-order valence-electron chi connectivity index (χ3n) is 4.58. The number of aliphatic hydroxyl groups is 1. The molecule has 2 aromatic rings. The molecule has 3 rings (SSSR count). The Morgan fingerprint density at radius 1 is 1.19 bits per heavy atom. The largest absolute Gasteiger partial charge is 0.497 e. The number of methoxy groups -OCH3 is 2. The van der Waals surface area contributed by atoms with Gasteiger partial charge in [-0.25, -0.2) is 18.1 Å². The van der Waals surface area contributed by atoms with E-state index in [1.54, 1.807) is 30.5 Å². The Kier molecular flexibility index (Phi) is 5.45. The first-order valence-electron chi connectivity index (χ1n) is 8.27. The molecule has 1 aliphatic rings. The van der Waals surface area contributed by atoms with Gasteiger partial charge in [-0.05, 0) is 36.5 Å². The number of nitrogens with zero attached hydrogens (tertiary/aromatic N) is 1. The predicted molar refractivity (Wildman–Crippen MR) is 95.6 cm³/mol. The highest BCUT2D eigenvalue weighted by Crippen LogP contribution is 2.39. The molecule has 0 saturated heterocycles. The zero-order valence-corrected chi connectivity index (χ0v) is 15.4. The van der Waals surface area contributed by atoms with Crippen molar-refractivity contribution in [3.05, 3.63) is 48.2 Å². The number of aromatic nitrogens is 1. The van der Waals surface area contributed by atoms with Crippen molar-refractivity contribution >= 4 is 10.0 Å². The molecule has 1 atom stereocenters. The fraction of sp³-hybridized carbons (Fsp3) is 0.389. The van der Waals surface area contributed by atoms with Crippen molar-refractivity contribution in [2.24, 2.45) is 5.92 Å². The zero-order chi connectivity index (χ0) is 18.7. The van der Waals surface area contributed by atoms with Crippen LogP contribution in [0.4, 0.5) is 0 Å². The Hall–Kier alpha value is -2.16. The zero-order valence-electron chi connectivity index (χ0n) is 14.6. The normalized spacial score (nSPS) is 20.9. The quantitative estimate of drug-likeness (QED) is 0.764. The fourth-order valence-electron chi connectivity index (χ4n) is 3.04. The van der Waals surface area contributed by atoms with Crippen LogP contribution in [0.25, 0.3) is 0 Å². The van der Waals surface area contributed by atoms with Crippen LogP contribution < -0.4 is 14.2 Å². The van der Waals surface area contributed by atoms with Gasteiger partial charge in [-0.15, -0.1) is 0 Å². The van der Waals surface area contributed by atoms with Crippen LogP contribution >= 0.6 is 0 Å². The van der Waals surface area contributed by atoms with Gasteiger partial charge in [0.2, 0.25) is 15.9 Å². The molecule has 26 heavy (non-hydrogen) atoms. The minimum atomic E-state index is -3.77. The summed E-state index contributed by atoms with van der Waals surface area (Å²) in [4.78, 5) is 4.30. The number of pyridine rings is 1. The lowest BCUT2D eigenvalue weighted by molar-refractivity contribution is 0.0279. The SMILES string of the molecule is COc1cccc(S(=O)(=O)N[C@H](c2ccc(OC)nc2)C2CC(O)C2)c1. The molecule has 1 aromatic heterocycles. The van der Waals surface area contributed by atoms with E-state index >= 15 is 0 Å². The fourth-order valence-corrected chi connectivity index (χ4v) is 4.37. The van der Waals surface area contributed by atoms with Crippen molar-refractivity contribution in [1.29, 1.82) is 0 Å². The third-order valence-corrected chi connectivity index (χ3v) is 6.02. The first-order chi connectivity index (χ1) is 12.4. The van der Waals surface area contributed by atoms with Gasteiger partial charge in [-0.2, -0.15) is 0 Å². The Balaban J connectivity index is 1.89. The minimum absolute atomic E-state index is 0.000535. The van der Waals surface area contributed by atoms with E-state index in [1.165, 1.54) is 26.4 Å². The van der Waals surface area contributed by atoms with E-state index in [2.05, 4.69) is 9.71 Å². The van der Waals surface area contributed by atoms with E-state index < -0.39 is 22.2 Å². The van der Waals surface area contributed by atoms with E-state index in [4.69, 9.17) is 9.47 Å². The molecule has 2 N–H and O–H groups in total. The lowest BCUT2D eigenvalue weighted by Crippen LogP contribution is -2.41. The monoisotopic (exact) mass is 378 g/mol.